The minimum Gasteiger partial charge on any atom is -0.465 e. The first-order chi connectivity index (χ1) is 9.83. The summed E-state index contributed by atoms with van der Waals surface area (Å²) in [5, 5.41) is 1.98. The molecule has 1 aromatic heterocycles. The van der Waals surface area contributed by atoms with Crippen molar-refractivity contribution in [2.45, 2.75) is 57.8 Å². The second-order valence-electron chi connectivity index (χ2n) is 5.03. The molecule has 0 aromatic carbocycles. The Morgan fingerprint density at radius 1 is 1.15 bits per heavy atom. The number of allylic oxidation sites excluding steroid dienone is 1. The fourth-order valence-electron chi connectivity index (χ4n) is 2.07. The van der Waals surface area contributed by atoms with E-state index in [1.54, 1.807) is 11.3 Å². The molecule has 0 N–H and O–H groups in total. The fourth-order valence-corrected chi connectivity index (χ4v) is 2.76. The highest BCUT2D eigenvalue weighted by atomic mass is 32.1. The Labute approximate surface area is 126 Å². The van der Waals surface area contributed by atoms with Gasteiger partial charge in [-0.2, -0.15) is 0 Å². The van der Waals surface area contributed by atoms with E-state index in [9.17, 15) is 4.79 Å². The van der Waals surface area contributed by atoms with Crippen LogP contribution in [0, 0.1) is 0 Å². The van der Waals surface area contributed by atoms with Crippen molar-refractivity contribution in [2.75, 3.05) is 6.61 Å². The topological polar surface area (TPSA) is 26.3 Å². The van der Waals surface area contributed by atoms with E-state index in [1.165, 1.54) is 32.1 Å². The Kier molecular flexibility index (Phi) is 9.93. The molecule has 0 aliphatic rings. The van der Waals surface area contributed by atoms with Gasteiger partial charge in [-0.3, -0.25) is 4.79 Å². The number of ether oxygens (including phenoxy) is 1. The summed E-state index contributed by atoms with van der Waals surface area (Å²) in [6.45, 7) is 4.30. The van der Waals surface area contributed by atoms with Crippen molar-refractivity contribution in [3.8, 4) is 0 Å². The van der Waals surface area contributed by atoms with Crippen molar-refractivity contribution in [1.82, 2.24) is 0 Å². The van der Waals surface area contributed by atoms with Crippen molar-refractivity contribution < 1.29 is 9.53 Å². The Bertz CT molecular complexity index is 357. The van der Waals surface area contributed by atoms with Gasteiger partial charge in [0.2, 0.25) is 0 Å². The van der Waals surface area contributed by atoms with E-state index in [4.69, 9.17) is 4.74 Å². The Morgan fingerprint density at radius 2 is 1.85 bits per heavy atom. The predicted octanol–water partition coefficient (Wildman–Crippen LogP) is 5.14. The lowest BCUT2D eigenvalue weighted by molar-refractivity contribution is -0.142. The molecular weight excluding hydrogens is 268 g/mol. The van der Waals surface area contributed by atoms with Crippen LogP contribution in [0.3, 0.4) is 0 Å². The SMILES string of the molecule is C=CCCCCCCCCCOC(=O)Cc1cccs1. The first-order valence-electron chi connectivity index (χ1n) is 7.62. The zero-order valence-corrected chi connectivity index (χ0v) is 13.1. The van der Waals surface area contributed by atoms with Crippen molar-refractivity contribution in [3.63, 3.8) is 0 Å². The second kappa shape index (κ2) is 11.7. The van der Waals surface area contributed by atoms with Crippen molar-refractivity contribution in [3.05, 3.63) is 35.0 Å². The summed E-state index contributed by atoms with van der Waals surface area (Å²) in [5.74, 6) is -0.100. The van der Waals surface area contributed by atoms with Gasteiger partial charge in [-0.15, -0.1) is 17.9 Å². The van der Waals surface area contributed by atoms with Crippen LogP contribution < -0.4 is 0 Å². The highest BCUT2D eigenvalue weighted by molar-refractivity contribution is 7.10. The minimum absolute atomic E-state index is 0.100. The van der Waals surface area contributed by atoms with E-state index in [-0.39, 0.29) is 5.97 Å². The predicted molar refractivity (Wildman–Crippen MR) is 86.1 cm³/mol. The maximum Gasteiger partial charge on any atom is 0.311 e. The Hall–Kier alpha value is -1.09. The number of unbranched alkanes of at least 4 members (excludes halogenated alkanes) is 7. The summed E-state index contributed by atoms with van der Waals surface area (Å²) >= 11 is 1.60. The average molecular weight is 294 g/mol. The number of rotatable bonds is 12. The van der Waals surface area contributed by atoms with Crippen LogP contribution in [0.4, 0.5) is 0 Å². The van der Waals surface area contributed by atoms with Gasteiger partial charge in [0.15, 0.2) is 0 Å². The van der Waals surface area contributed by atoms with Gasteiger partial charge < -0.3 is 4.74 Å². The maximum absolute atomic E-state index is 11.5. The van der Waals surface area contributed by atoms with E-state index in [2.05, 4.69) is 6.58 Å². The largest absolute Gasteiger partial charge is 0.465 e. The zero-order chi connectivity index (χ0) is 14.5. The lowest BCUT2D eigenvalue weighted by Crippen LogP contribution is -2.08. The van der Waals surface area contributed by atoms with Crippen LogP contribution in [0.15, 0.2) is 30.2 Å². The third-order valence-electron chi connectivity index (χ3n) is 3.21. The molecule has 112 valence electrons. The summed E-state index contributed by atoms with van der Waals surface area (Å²) in [7, 11) is 0. The van der Waals surface area contributed by atoms with E-state index in [0.717, 1.165) is 24.1 Å². The van der Waals surface area contributed by atoms with Gasteiger partial charge >= 0.3 is 5.97 Å². The number of carbonyl (C=O) groups excluding carboxylic acids is 1. The monoisotopic (exact) mass is 294 g/mol. The van der Waals surface area contributed by atoms with Crippen molar-refractivity contribution in [1.29, 1.82) is 0 Å². The lowest BCUT2D eigenvalue weighted by atomic mass is 10.1. The molecule has 0 spiro atoms. The molecule has 0 aliphatic carbocycles. The molecule has 1 heterocycles. The molecule has 0 fully saturated rings. The molecule has 2 nitrogen and oxygen atoms in total. The molecule has 0 saturated carbocycles. The van der Waals surface area contributed by atoms with Crippen LogP contribution in [-0.2, 0) is 16.0 Å². The Morgan fingerprint density at radius 3 is 2.50 bits per heavy atom. The second-order valence-corrected chi connectivity index (χ2v) is 6.06. The van der Waals surface area contributed by atoms with Crippen LogP contribution in [0.1, 0.15) is 56.2 Å². The van der Waals surface area contributed by atoms with Gasteiger partial charge in [-0.05, 0) is 30.7 Å². The molecule has 0 atom stereocenters. The van der Waals surface area contributed by atoms with Crippen LogP contribution in [0.5, 0.6) is 0 Å². The summed E-state index contributed by atoms with van der Waals surface area (Å²) < 4.78 is 5.23. The molecule has 1 aromatic rings. The van der Waals surface area contributed by atoms with Crippen LogP contribution >= 0.6 is 11.3 Å². The number of hydrogen-bond donors (Lipinski definition) is 0. The van der Waals surface area contributed by atoms with Gasteiger partial charge in [0, 0.05) is 4.88 Å². The Balaban J connectivity index is 1.84. The summed E-state index contributed by atoms with van der Waals surface area (Å²) in [5.41, 5.74) is 0. The van der Waals surface area contributed by atoms with Crippen LogP contribution in [0.25, 0.3) is 0 Å². The fraction of sp³-hybridized carbons (Fsp3) is 0.588. The highest BCUT2D eigenvalue weighted by Gasteiger charge is 2.04. The van der Waals surface area contributed by atoms with Gasteiger partial charge in [-0.25, -0.2) is 0 Å². The molecule has 0 radical (unpaired) electrons. The zero-order valence-electron chi connectivity index (χ0n) is 12.3. The first-order valence-corrected chi connectivity index (χ1v) is 8.50. The van der Waals surface area contributed by atoms with E-state index < -0.39 is 0 Å². The average Bonchev–Trinajstić information content (AvgIpc) is 2.93. The van der Waals surface area contributed by atoms with Gasteiger partial charge in [0.1, 0.15) is 0 Å². The maximum atomic E-state index is 11.5. The van der Waals surface area contributed by atoms with E-state index >= 15 is 0 Å². The normalized spacial score (nSPS) is 10.4. The van der Waals surface area contributed by atoms with Gasteiger partial charge in [0.25, 0.3) is 0 Å². The van der Waals surface area contributed by atoms with E-state index in [1.807, 2.05) is 23.6 Å². The number of hydrogen-bond acceptors (Lipinski definition) is 3. The molecular formula is C17H26O2S. The first kappa shape index (κ1) is 17.0. The molecule has 0 unspecified atom stereocenters. The van der Waals surface area contributed by atoms with Crippen molar-refractivity contribution in [2.24, 2.45) is 0 Å². The smallest absolute Gasteiger partial charge is 0.311 e. The minimum atomic E-state index is -0.100. The lowest BCUT2D eigenvalue weighted by Gasteiger charge is -2.04. The summed E-state index contributed by atoms with van der Waals surface area (Å²) in [6, 6.07) is 3.93. The highest BCUT2D eigenvalue weighted by Crippen LogP contribution is 2.11. The third-order valence-corrected chi connectivity index (χ3v) is 4.09. The molecule has 20 heavy (non-hydrogen) atoms. The summed E-state index contributed by atoms with van der Waals surface area (Å²) in [4.78, 5) is 12.6. The van der Waals surface area contributed by atoms with E-state index in [0.29, 0.717) is 13.0 Å². The van der Waals surface area contributed by atoms with Crippen LogP contribution in [0.2, 0.25) is 0 Å². The summed E-state index contributed by atoms with van der Waals surface area (Å²) in [6.07, 6.45) is 12.1. The van der Waals surface area contributed by atoms with Gasteiger partial charge in [-0.1, -0.05) is 44.2 Å². The molecule has 3 heteroatoms. The number of carbonyl (C=O) groups is 1. The number of esters is 1. The third kappa shape index (κ3) is 8.92. The van der Waals surface area contributed by atoms with Gasteiger partial charge in [0.05, 0.1) is 13.0 Å². The van der Waals surface area contributed by atoms with Crippen molar-refractivity contribution >= 4 is 17.3 Å². The van der Waals surface area contributed by atoms with Crippen LogP contribution in [-0.4, -0.2) is 12.6 Å². The molecule has 1 rings (SSSR count). The number of thiophene rings is 1. The molecule has 0 aliphatic heterocycles. The quantitative estimate of drug-likeness (QED) is 0.303. The molecule has 0 saturated heterocycles. The standard InChI is InChI=1S/C17H26O2S/c1-2-3-4-5-6-7-8-9-10-13-19-17(18)15-16-12-11-14-20-16/h2,11-12,14H,1,3-10,13,15H2. The molecule has 0 amide bonds. The molecule has 0 bridgehead atoms.